The minimum atomic E-state index is 0.408. The average Bonchev–Trinajstić information content (AvgIpc) is 2.78. The Balaban J connectivity index is 2.19. The summed E-state index contributed by atoms with van der Waals surface area (Å²) in [6.07, 6.45) is 0.408. The summed E-state index contributed by atoms with van der Waals surface area (Å²) in [7, 11) is 0. The van der Waals surface area contributed by atoms with E-state index in [2.05, 4.69) is 11.1 Å². The summed E-state index contributed by atoms with van der Waals surface area (Å²) in [6.45, 7) is 0. The number of nitrogens with zero attached hydrogens (tertiary/aromatic N) is 2. The molecule has 5 heteroatoms. The fourth-order valence-electron chi connectivity index (χ4n) is 2.21. The standard InChI is InChI=1S/C15H10ClN3S/c16-12-2-1-3-13-14(12)18-15(20)19(13)11-6-4-10(5-7-11)8-9-17/h1-7H,8H2,(H,18,20). The van der Waals surface area contributed by atoms with Crippen molar-refractivity contribution in [1.29, 1.82) is 5.26 Å². The van der Waals surface area contributed by atoms with Gasteiger partial charge in [0.25, 0.3) is 0 Å². The number of para-hydroxylation sites is 1. The Morgan fingerprint density at radius 1 is 1.20 bits per heavy atom. The van der Waals surface area contributed by atoms with Crippen molar-refractivity contribution >= 4 is 34.9 Å². The Morgan fingerprint density at radius 3 is 2.65 bits per heavy atom. The smallest absolute Gasteiger partial charge is 0.182 e. The predicted octanol–water partition coefficient (Wildman–Crippen LogP) is 4.41. The number of nitrogens with one attached hydrogen (secondary N) is 1. The van der Waals surface area contributed by atoms with E-state index in [1.165, 1.54) is 0 Å². The summed E-state index contributed by atoms with van der Waals surface area (Å²) in [5.41, 5.74) is 3.71. The minimum Gasteiger partial charge on any atom is -0.329 e. The van der Waals surface area contributed by atoms with Crippen LogP contribution in [0.2, 0.25) is 5.02 Å². The van der Waals surface area contributed by atoms with Crippen LogP contribution in [0.25, 0.3) is 16.7 Å². The van der Waals surface area contributed by atoms with E-state index in [4.69, 9.17) is 29.1 Å². The second-order valence-corrected chi connectivity index (χ2v) is 5.19. The van der Waals surface area contributed by atoms with Gasteiger partial charge in [0.15, 0.2) is 4.77 Å². The molecule has 3 nitrogen and oxygen atoms in total. The van der Waals surface area contributed by atoms with Gasteiger partial charge in [-0.3, -0.25) is 4.57 Å². The number of aromatic amines is 1. The normalized spacial score (nSPS) is 10.6. The first-order valence-corrected chi connectivity index (χ1v) is 6.85. The highest BCUT2D eigenvalue weighted by Gasteiger charge is 2.08. The Kier molecular flexibility index (Phi) is 3.31. The Morgan fingerprint density at radius 2 is 1.95 bits per heavy atom. The third kappa shape index (κ3) is 2.11. The molecule has 98 valence electrons. The lowest BCUT2D eigenvalue weighted by molar-refractivity contribution is 1.06. The maximum Gasteiger partial charge on any atom is 0.182 e. The number of halogens is 1. The summed E-state index contributed by atoms with van der Waals surface area (Å²) in [5, 5.41) is 9.34. The van der Waals surface area contributed by atoms with E-state index in [-0.39, 0.29) is 0 Å². The highest BCUT2D eigenvalue weighted by Crippen LogP contribution is 2.25. The van der Waals surface area contributed by atoms with Crippen LogP contribution in [0.4, 0.5) is 0 Å². The van der Waals surface area contributed by atoms with Crippen LogP contribution in [0.5, 0.6) is 0 Å². The largest absolute Gasteiger partial charge is 0.329 e. The van der Waals surface area contributed by atoms with Crippen LogP contribution in [0.3, 0.4) is 0 Å². The Bertz CT molecular complexity index is 869. The lowest BCUT2D eigenvalue weighted by Crippen LogP contribution is -1.94. The van der Waals surface area contributed by atoms with Crippen molar-refractivity contribution in [3.05, 3.63) is 57.8 Å². The predicted molar refractivity (Wildman–Crippen MR) is 82.8 cm³/mol. The number of rotatable bonds is 2. The molecule has 0 bridgehead atoms. The van der Waals surface area contributed by atoms with E-state index >= 15 is 0 Å². The number of hydrogen-bond acceptors (Lipinski definition) is 2. The van der Waals surface area contributed by atoms with Gasteiger partial charge in [0.2, 0.25) is 0 Å². The number of fused-ring (bicyclic) bond motifs is 1. The molecule has 0 unspecified atom stereocenters. The van der Waals surface area contributed by atoms with E-state index in [9.17, 15) is 0 Å². The van der Waals surface area contributed by atoms with Crippen LogP contribution in [-0.2, 0) is 6.42 Å². The monoisotopic (exact) mass is 299 g/mol. The molecule has 0 atom stereocenters. The fourth-order valence-corrected chi connectivity index (χ4v) is 2.73. The van der Waals surface area contributed by atoms with Crippen LogP contribution in [0.15, 0.2) is 42.5 Å². The van der Waals surface area contributed by atoms with E-state index in [1.807, 2.05) is 47.0 Å². The lowest BCUT2D eigenvalue weighted by Gasteiger charge is -2.05. The summed E-state index contributed by atoms with van der Waals surface area (Å²) >= 11 is 11.5. The minimum absolute atomic E-state index is 0.408. The van der Waals surface area contributed by atoms with Gasteiger partial charge in [-0.2, -0.15) is 5.26 Å². The number of imidazole rings is 1. The maximum absolute atomic E-state index is 8.70. The van der Waals surface area contributed by atoms with E-state index in [0.717, 1.165) is 22.3 Å². The molecule has 1 aromatic heterocycles. The van der Waals surface area contributed by atoms with Gasteiger partial charge in [0.05, 0.1) is 28.5 Å². The number of aromatic nitrogens is 2. The van der Waals surface area contributed by atoms with Gasteiger partial charge in [-0.05, 0) is 42.0 Å². The molecule has 0 aliphatic rings. The molecule has 1 N–H and O–H groups in total. The fraction of sp³-hybridized carbons (Fsp3) is 0.0667. The van der Waals surface area contributed by atoms with Gasteiger partial charge in [-0.15, -0.1) is 0 Å². The van der Waals surface area contributed by atoms with Crippen LogP contribution >= 0.6 is 23.8 Å². The zero-order chi connectivity index (χ0) is 14.1. The van der Waals surface area contributed by atoms with Crippen LogP contribution in [0.1, 0.15) is 5.56 Å². The highest BCUT2D eigenvalue weighted by molar-refractivity contribution is 7.71. The number of nitriles is 1. The molecule has 0 fully saturated rings. The van der Waals surface area contributed by atoms with Crippen molar-refractivity contribution in [2.45, 2.75) is 6.42 Å². The van der Waals surface area contributed by atoms with Gasteiger partial charge in [-0.1, -0.05) is 29.8 Å². The van der Waals surface area contributed by atoms with Crippen molar-refractivity contribution in [2.75, 3.05) is 0 Å². The Hall–Kier alpha value is -2.09. The SMILES string of the molecule is N#CCc1ccc(-n2c(=S)[nH]c3c(Cl)cccc32)cc1. The van der Waals surface area contributed by atoms with Crippen molar-refractivity contribution < 1.29 is 0 Å². The second kappa shape index (κ2) is 5.12. The first kappa shape index (κ1) is 12.9. The molecule has 0 spiro atoms. The maximum atomic E-state index is 8.70. The quantitative estimate of drug-likeness (QED) is 0.712. The molecule has 1 heterocycles. The second-order valence-electron chi connectivity index (χ2n) is 4.40. The van der Waals surface area contributed by atoms with Gasteiger partial charge >= 0.3 is 0 Å². The molecule has 0 aliphatic carbocycles. The first-order chi connectivity index (χ1) is 9.70. The summed E-state index contributed by atoms with van der Waals surface area (Å²) in [5.74, 6) is 0. The van der Waals surface area contributed by atoms with Crippen molar-refractivity contribution in [3.8, 4) is 11.8 Å². The first-order valence-electron chi connectivity index (χ1n) is 6.06. The summed E-state index contributed by atoms with van der Waals surface area (Å²) in [6, 6.07) is 15.6. The number of benzene rings is 2. The van der Waals surface area contributed by atoms with Crippen molar-refractivity contribution in [2.24, 2.45) is 0 Å². The molecule has 0 saturated heterocycles. The molecular formula is C15H10ClN3S. The molecule has 2 aromatic carbocycles. The van der Waals surface area contributed by atoms with E-state index in [1.54, 1.807) is 0 Å². The molecule has 0 radical (unpaired) electrons. The third-order valence-electron chi connectivity index (χ3n) is 3.15. The van der Waals surface area contributed by atoms with E-state index in [0.29, 0.717) is 16.2 Å². The van der Waals surface area contributed by atoms with Gasteiger partial charge < -0.3 is 4.98 Å². The molecular weight excluding hydrogens is 290 g/mol. The molecule has 0 aliphatic heterocycles. The average molecular weight is 300 g/mol. The highest BCUT2D eigenvalue weighted by atomic mass is 35.5. The molecule has 0 saturated carbocycles. The summed E-state index contributed by atoms with van der Waals surface area (Å²) < 4.78 is 2.54. The van der Waals surface area contributed by atoms with Gasteiger partial charge in [-0.25, -0.2) is 0 Å². The van der Waals surface area contributed by atoms with Crippen LogP contribution in [0, 0.1) is 16.1 Å². The number of H-pyrrole nitrogens is 1. The van der Waals surface area contributed by atoms with Gasteiger partial charge in [0, 0.05) is 5.69 Å². The number of hydrogen-bond donors (Lipinski definition) is 1. The molecule has 3 aromatic rings. The molecule has 20 heavy (non-hydrogen) atoms. The molecule has 3 rings (SSSR count). The van der Waals surface area contributed by atoms with E-state index < -0.39 is 0 Å². The van der Waals surface area contributed by atoms with Crippen LogP contribution < -0.4 is 0 Å². The third-order valence-corrected chi connectivity index (χ3v) is 3.74. The van der Waals surface area contributed by atoms with Gasteiger partial charge in [0.1, 0.15) is 0 Å². The topological polar surface area (TPSA) is 44.5 Å². The molecule has 0 amide bonds. The zero-order valence-corrected chi connectivity index (χ0v) is 12.0. The van der Waals surface area contributed by atoms with Crippen molar-refractivity contribution in [1.82, 2.24) is 9.55 Å². The van der Waals surface area contributed by atoms with Crippen molar-refractivity contribution in [3.63, 3.8) is 0 Å². The summed E-state index contributed by atoms with van der Waals surface area (Å²) in [4.78, 5) is 3.13. The zero-order valence-electron chi connectivity index (χ0n) is 10.4. The van der Waals surface area contributed by atoms with Crippen LogP contribution in [-0.4, -0.2) is 9.55 Å². The Labute approximate surface area is 126 Å². The lowest BCUT2D eigenvalue weighted by atomic mass is 10.1.